The van der Waals surface area contributed by atoms with E-state index < -0.39 is 0 Å². The minimum Gasteiger partial charge on any atom is -0.326 e. The largest absolute Gasteiger partial charge is 0.326 e. The summed E-state index contributed by atoms with van der Waals surface area (Å²) in [4.78, 5) is 2.15. The molecule has 0 spiro atoms. The molecule has 1 aromatic carbocycles. The molecule has 0 fully saturated rings. The molecular formula is C11H18N2. The fourth-order valence-electron chi connectivity index (χ4n) is 1.72. The first-order valence-corrected chi connectivity index (χ1v) is 4.60. The Kier molecular flexibility index (Phi) is 3.46. The summed E-state index contributed by atoms with van der Waals surface area (Å²) in [5, 5.41) is 0. The van der Waals surface area contributed by atoms with Crippen molar-refractivity contribution in [2.75, 3.05) is 14.1 Å². The van der Waals surface area contributed by atoms with Crippen molar-refractivity contribution in [2.45, 2.75) is 19.0 Å². The van der Waals surface area contributed by atoms with Crippen LogP contribution in [0, 0.1) is 0 Å². The fraction of sp³-hybridized carbons (Fsp3) is 0.455. The van der Waals surface area contributed by atoms with Gasteiger partial charge in [0.1, 0.15) is 0 Å². The summed E-state index contributed by atoms with van der Waals surface area (Å²) in [5.74, 6) is 0. The van der Waals surface area contributed by atoms with E-state index in [2.05, 4.69) is 31.1 Å². The first-order valence-electron chi connectivity index (χ1n) is 4.60. The standard InChI is InChI=1S/C11H18N2/c1-9(12)11(13(2)3)10-7-5-4-6-8-10/h4-9,11H,12H2,1-3H3. The third kappa shape index (κ3) is 2.54. The predicted molar refractivity (Wildman–Crippen MR) is 56.5 cm³/mol. The van der Waals surface area contributed by atoms with E-state index in [1.165, 1.54) is 5.56 Å². The van der Waals surface area contributed by atoms with Crippen LogP contribution < -0.4 is 5.73 Å². The Morgan fingerprint density at radius 3 is 2.08 bits per heavy atom. The summed E-state index contributed by atoms with van der Waals surface area (Å²) in [6.07, 6.45) is 0. The van der Waals surface area contributed by atoms with E-state index in [1.54, 1.807) is 0 Å². The zero-order chi connectivity index (χ0) is 9.84. The lowest BCUT2D eigenvalue weighted by Gasteiger charge is -2.28. The maximum absolute atomic E-state index is 5.93. The Hall–Kier alpha value is -0.860. The highest BCUT2D eigenvalue weighted by Crippen LogP contribution is 2.19. The van der Waals surface area contributed by atoms with Crippen molar-refractivity contribution in [1.29, 1.82) is 0 Å². The molecule has 0 bridgehead atoms. The van der Waals surface area contributed by atoms with Crippen molar-refractivity contribution in [3.8, 4) is 0 Å². The number of likely N-dealkylation sites (N-methyl/N-ethyl adjacent to an activating group) is 1. The molecule has 72 valence electrons. The number of benzene rings is 1. The first-order chi connectivity index (χ1) is 6.13. The van der Waals surface area contributed by atoms with E-state index in [-0.39, 0.29) is 6.04 Å². The second-order valence-electron chi connectivity index (χ2n) is 3.68. The van der Waals surface area contributed by atoms with E-state index in [4.69, 9.17) is 5.73 Å². The van der Waals surface area contributed by atoms with Gasteiger partial charge in [-0.15, -0.1) is 0 Å². The molecule has 1 aromatic rings. The minimum atomic E-state index is 0.150. The van der Waals surface area contributed by atoms with E-state index in [0.29, 0.717) is 6.04 Å². The minimum absolute atomic E-state index is 0.150. The van der Waals surface area contributed by atoms with Crippen LogP contribution in [0.25, 0.3) is 0 Å². The third-order valence-electron chi connectivity index (χ3n) is 2.20. The van der Waals surface area contributed by atoms with Crippen LogP contribution in [0.2, 0.25) is 0 Å². The molecule has 2 N–H and O–H groups in total. The van der Waals surface area contributed by atoms with Gasteiger partial charge >= 0.3 is 0 Å². The molecule has 13 heavy (non-hydrogen) atoms. The Balaban J connectivity index is 2.89. The molecule has 0 amide bonds. The molecule has 2 heteroatoms. The molecule has 0 aromatic heterocycles. The van der Waals surface area contributed by atoms with Crippen molar-refractivity contribution < 1.29 is 0 Å². The lowest BCUT2D eigenvalue weighted by Crippen LogP contribution is -2.34. The molecular weight excluding hydrogens is 160 g/mol. The zero-order valence-corrected chi connectivity index (χ0v) is 8.57. The highest BCUT2D eigenvalue weighted by Gasteiger charge is 2.17. The molecule has 0 radical (unpaired) electrons. The van der Waals surface area contributed by atoms with E-state index in [9.17, 15) is 0 Å². The van der Waals surface area contributed by atoms with E-state index in [0.717, 1.165) is 0 Å². The smallest absolute Gasteiger partial charge is 0.0491 e. The van der Waals surface area contributed by atoms with Gasteiger partial charge in [0, 0.05) is 12.1 Å². The molecule has 2 atom stereocenters. The van der Waals surface area contributed by atoms with Crippen LogP contribution in [-0.4, -0.2) is 25.0 Å². The Labute approximate surface area is 80.4 Å². The summed E-state index contributed by atoms with van der Waals surface area (Å²) >= 11 is 0. The van der Waals surface area contributed by atoms with Crippen molar-refractivity contribution in [2.24, 2.45) is 5.73 Å². The Bertz CT molecular complexity index is 234. The van der Waals surface area contributed by atoms with Crippen LogP contribution in [0.1, 0.15) is 18.5 Å². The Morgan fingerprint density at radius 1 is 1.15 bits per heavy atom. The number of hydrogen-bond donors (Lipinski definition) is 1. The molecule has 1 rings (SSSR count). The van der Waals surface area contributed by atoms with Gasteiger partial charge < -0.3 is 10.6 Å². The predicted octanol–water partition coefficient (Wildman–Crippen LogP) is 1.64. The third-order valence-corrected chi connectivity index (χ3v) is 2.20. The van der Waals surface area contributed by atoms with Gasteiger partial charge in [0.25, 0.3) is 0 Å². The quantitative estimate of drug-likeness (QED) is 0.762. The number of rotatable bonds is 3. The average molecular weight is 178 g/mol. The summed E-state index contributed by atoms with van der Waals surface area (Å²) in [6.45, 7) is 2.04. The molecule has 0 saturated heterocycles. The number of nitrogens with zero attached hydrogens (tertiary/aromatic N) is 1. The van der Waals surface area contributed by atoms with Crippen LogP contribution in [0.15, 0.2) is 30.3 Å². The topological polar surface area (TPSA) is 29.3 Å². The summed E-state index contributed by atoms with van der Waals surface area (Å²) in [7, 11) is 4.11. The molecule has 0 saturated carbocycles. The molecule has 2 unspecified atom stereocenters. The van der Waals surface area contributed by atoms with Gasteiger partial charge in [0.15, 0.2) is 0 Å². The van der Waals surface area contributed by atoms with Gasteiger partial charge in [-0.1, -0.05) is 30.3 Å². The van der Waals surface area contributed by atoms with Gasteiger partial charge in [0.05, 0.1) is 0 Å². The summed E-state index contributed by atoms with van der Waals surface area (Å²) in [5.41, 5.74) is 7.21. The van der Waals surface area contributed by atoms with Crippen molar-refractivity contribution >= 4 is 0 Å². The second kappa shape index (κ2) is 4.40. The fourth-order valence-corrected chi connectivity index (χ4v) is 1.72. The van der Waals surface area contributed by atoms with E-state index in [1.807, 2.05) is 25.1 Å². The first kappa shape index (κ1) is 10.2. The molecule has 0 aliphatic carbocycles. The van der Waals surface area contributed by atoms with Gasteiger partial charge in [-0.2, -0.15) is 0 Å². The summed E-state index contributed by atoms with van der Waals surface area (Å²) < 4.78 is 0. The van der Waals surface area contributed by atoms with Crippen LogP contribution >= 0.6 is 0 Å². The molecule has 0 aliphatic rings. The average Bonchev–Trinajstić information content (AvgIpc) is 2.04. The Morgan fingerprint density at radius 2 is 1.69 bits per heavy atom. The maximum atomic E-state index is 5.93. The van der Waals surface area contributed by atoms with Gasteiger partial charge in [-0.3, -0.25) is 0 Å². The van der Waals surface area contributed by atoms with Gasteiger partial charge in [0.2, 0.25) is 0 Å². The molecule has 0 heterocycles. The lowest BCUT2D eigenvalue weighted by molar-refractivity contribution is 0.266. The lowest BCUT2D eigenvalue weighted by atomic mass is 10.0. The van der Waals surface area contributed by atoms with Crippen LogP contribution in [-0.2, 0) is 0 Å². The van der Waals surface area contributed by atoms with Crippen molar-refractivity contribution in [1.82, 2.24) is 4.90 Å². The normalized spacial score (nSPS) is 15.8. The van der Waals surface area contributed by atoms with Crippen LogP contribution in [0.5, 0.6) is 0 Å². The van der Waals surface area contributed by atoms with Crippen molar-refractivity contribution in [3.05, 3.63) is 35.9 Å². The highest BCUT2D eigenvalue weighted by molar-refractivity contribution is 5.20. The number of hydrogen-bond acceptors (Lipinski definition) is 2. The zero-order valence-electron chi connectivity index (χ0n) is 8.57. The highest BCUT2D eigenvalue weighted by atomic mass is 15.1. The van der Waals surface area contributed by atoms with Crippen LogP contribution in [0.4, 0.5) is 0 Å². The molecule has 2 nitrogen and oxygen atoms in total. The SMILES string of the molecule is CC(N)C(c1ccccc1)N(C)C. The van der Waals surface area contributed by atoms with E-state index >= 15 is 0 Å². The van der Waals surface area contributed by atoms with Crippen LogP contribution in [0.3, 0.4) is 0 Å². The monoisotopic (exact) mass is 178 g/mol. The summed E-state index contributed by atoms with van der Waals surface area (Å²) in [6, 6.07) is 10.8. The van der Waals surface area contributed by atoms with Gasteiger partial charge in [-0.05, 0) is 26.6 Å². The second-order valence-corrected chi connectivity index (χ2v) is 3.68. The van der Waals surface area contributed by atoms with Gasteiger partial charge in [-0.25, -0.2) is 0 Å². The van der Waals surface area contributed by atoms with Crippen molar-refractivity contribution in [3.63, 3.8) is 0 Å². The molecule has 0 aliphatic heterocycles. The maximum Gasteiger partial charge on any atom is 0.0491 e. The number of nitrogens with two attached hydrogens (primary N) is 1.